The summed E-state index contributed by atoms with van der Waals surface area (Å²) in [6.45, 7) is 2.77. The van der Waals surface area contributed by atoms with Crippen LogP contribution in [0, 0.1) is 0 Å². The number of rotatable bonds is 8. The van der Waals surface area contributed by atoms with Crippen molar-refractivity contribution in [3.8, 4) is 5.75 Å². The number of aromatic nitrogens is 2. The summed E-state index contributed by atoms with van der Waals surface area (Å²) in [6, 6.07) is 16.3. The van der Waals surface area contributed by atoms with Crippen LogP contribution in [0.3, 0.4) is 0 Å². The van der Waals surface area contributed by atoms with E-state index in [2.05, 4.69) is 32.3 Å². The molecule has 4 rings (SSSR count). The van der Waals surface area contributed by atoms with Crippen molar-refractivity contribution in [1.82, 2.24) is 20.2 Å². The second-order valence-electron chi connectivity index (χ2n) is 7.54. The van der Waals surface area contributed by atoms with Crippen molar-refractivity contribution >= 4 is 16.9 Å². The summed E-state index contributed by atoms with van der Waals surface area (Å²) in [5, 5.41) is 3.14. The van der Waals surface area contributed by atoms with E-state index in [4.69, 9.17) is 4.74 Å². The van der Waals surface area contributed by atoms with Crippen molar-refractivity contribution < 1.29 is 9.53 Å². The number of benzene rings is 2. The van der Waals surface area contributed by atoms with E-state index in [1.54, 1.807) is 7.11 Å². The van der Waals surface area contributed by atoms with Gasteiger partial charge < -0.3 is 15.0 Å². The maximum Gasteiger partial charge on any atom is 0.220 e. The number of nitrogens with zero attached hydrogens (tertiary/aromatic N) is 2. The number of amides is 1. The van der Waals surface area contributed by atoms with E-state index in [0.717, 1.165) is 35.7 Å². The molecule has 1 aromatic heterocycles. The SMILES string of the molecule is COc1ccc([C@H](CNC(=O)CCc2nc3ccccc3[nH]2)N2CCCC2)cc1. The van der Waals surface area contributed by atoms with E-state index in [1.165, 1.54) is 18.4 Å². The van der Waals surface area contributed by atoms with Crippen LogP contribution < -0.4 is 10.1 Å². The molecule has 1 amide bonds. The molecule has 152 valence electrons. The molecule has 1 aliphatic heterocycles. The predicted octanol–water partition coefficient (Wildman–Crippen LogP) is 3.46. The highest BCUT2D eigenvalue weighted by Gasteiger charge is 2.24. The first kappa shape index (κ1) is 19.5. The first-order valence-corrected chi connectivity index (χ1v) is 10.3. The van der Waals surface area contributed by atoms with Gasteiger partial charge in [0.25, 0.3) is 0 Å². The fourth-order valence-electron chi connectivity index (χ4n) is 3.99. The molecule has 29 heavy (non-hydrogen) atoms. The second-order valence-corrected chi connectivity index (χ2v) is 7.54. The second kappa shape index (κ2) is 9.09. The lowest BCUT2D eigenvalue weighted by atomic mass is 10.1. The summed E-state index contributed by atoms with van der Waals surface area (Å²) >= 11 is 0. The number of carbonyl (C=O) groups excluding carboxylic acids is 1. The number of nitrogens with one attached hydrogen (secondary N) is 2. The monoisotopic (exact) mass is 392 g/mol. The zero-order chi connectivity index (χ0) is 20.1. The number of ether oxygens (including phenoxy) is 1. The number of likely N-dealkylation sites (tertiary alicyclic amines) is 1. The topological polar surface area (TPSA) is 70.2 Å². The Hall–Kier alpha value is -2.86. The third kappa shape index (κ3) is 4.77. The molecule has 0 radical (unpaired) electrons. The highest BCUT2D eigenvalue weighted by Crippen LogP contribution is 2.26. The fraction of sp³-hybridized carbons (Fsp3) is 0.391. The zero-order valence-electron chi connectivity index (χ0n) is 16.9. The maximum absolute atomic E-state index is 12.5. The Morgan fingerprint density at radius 3 is 2.66 bits per heavy atom. The molecule has 6 nitrogen and oxygen atoms in total. The summed E-state index contributed by atoms with van der Waals surface area (Å²) in [6.07, 6.45) is 3.46. The average Bonchev–Trinajstić information content (AvgIpc) is 3.42. The van der Waals surface area contributed by atoms with Crippen LogP contribution >= 0.6 is 0 Å². The van der Waals surface area contributed by atoms with E-state index in [9.17, 15) is 4.79 Å². The van der Waals surface area contributed by atoms with Gasteiger partial charge in [0.15, 0.2) is 0 Å². The van der Waals surface area contributed by atoms with E-state index in [-0.39, 0.29) is 11.9 Å². The van der Waals surface area contributed by atoms with Crippen molar-refractivity contribution in [2.45, 2.75) is 31.7 Å². The summed E-state index contributed by atoms with van der Waals surface area (Å²) in [7, 11) is 1.68. The van der Waals surface area contributed by atoms with Gasteiger partial charge in [-0.3, -0.25) is 9.69 Å². The number of hydrogen-bond acceptors (Lipinski definition) is 4. The van der Waals surface area contributed by atoms with Gasteiger partial charge in [-0.05, 0) is 55.8 Å². The number of aryl methyl sites for hydroxylation is 1. The molecule has 2 heterocycles. The van der Waals surface area contributed by atoms with Crippen LogP contribution in [0.5, 0.6) is 5.75 Å². The lowest BCUT2D eigenvalue weighted by molar-refractivity contribution is -0.121. The standard InChI is InChI=1S/C23H28N4O2/c1-29-18-10-8-17(9-11-18)21(27-14-4-5-15-27)16-24-23(28)13-12-22-25-19-6-2-3-7-20(19)26-22/h2-3,6-11,21H,4-5,12-16H2,1H3,(H,24,28)(H,25,26)/t21-/m0/s1. The molecule has 2 aromatic carbocycles. The summed E-state index contributed by atoms with van der Waals surface area (Å²) in [4.78, 5) is 22.8. The molecule has 1 fully saturated rings. The molecule has 0 bridgehead atoms. The van der Waals surface area contributed by atoms with Crippen LogP contribution in [0.15, 0.2) is 48.5 Å². The van der Waals surface area contributed by atoms with E-state index >= 15 is 0 Å². The average molecular weight is 393 g/mol. The van der Waals surface area contributed by atoms with Gasteiger partial charge >= 0.3 is 0 Å². The predicted molar refractivity (Wildman–Crippen MR) is 114 cm³/mol. The van der Waals surface area contributed by atoms with Crippen LogP contribution in [-0.2, 0) is 11.2 Å². The van der Waals surface area contributed by atoms with E-state index < -0.39 is 0 Å². The quantitative estimate of drug-likeness (QED) is 0.616. The van der Waals surface area contributed by atoms with Gasteiger partial charge in [0.05, 0.1) is 24.2 Å². The van der Waals surface area contributed by atoms with Gasteiger partial charge in [-0.2, -0.15) is 0 Å². The fourth-order valence-corrected chi connectivity index (χ4v) is 3.99. The van der Waals surface area contributed by atoms with Gasteiger partial charge in [0.1, 0.15) is 11.6 Å². The minimum Gasteiger partial charge on any atom is -0.497 e. The van der Waals surface area contributed by atoms with Crippen LogP contribution in [0.1, 0.15) is 36.7 Å². The lowest BCUT2D eigenvalue weighted by Crippen LogP contribution is -2.36. The van der Waals surface area contributed by atoms with Crippen LogP contribution in [0.25, 0.3) is 11.0 Å². The number of methoxy groups -OCH3 is 1. The number of H-pyrrole nitrogens is 1. The molecule has 0 spiro atoms. The minimum absolute atomic E-state index is 0.0585. The van der Waals surface area contributed by atoms with E-state index in [0.29, 0.717) is 19.4 Å². The Bertz CT molecular complexity index is 912. The molecule has 3 aromatic rings. The van der Waals surface area contributed by atoms with Crippen LogP contribution in [-0.4, -0.2) is 47.5 Å². The molecule has 0 aliphatic carbocycles. The van der Waals surface area contributed by atoms with Gasteiger partial charge in [-0.15, -0.1) is 0 Å². The molecule has 1 saturated heterocycles. The Labute approximate surface area is 171 Å². The molecule has 1 aliphatic rings. The smallest absolute Gasteiger partial charge is 0.220 e. The molecule has 1 atom stereocenters. The Kier molecular flexibility index (Phi) is 6.10. The number of fused-ring (bicyclic) bond motifs is 1. The zero-order valence-corrected chi connectivity index (χ0v) is 16.9. The Morgan fingerprint density at radius 2 is 1.93 bits per heavy atom. The largest absolute Gasteiger partial charge is 0.497 e. The normalized spacial score (nSPS) is 15.5. The number of aromatic amines is 1. The first-order valence-electron chi connectivity index (χ1n) is 10.3. The highest BCUT2D eigenvalue weighted by atomic mass is 16.5. The summed E-state index contributed by atoms with van der Waals surface area (Å²) in [5.41, 5.74) is 3.17. The van der Waals surface area contributed by atoms with Crippen molar-refractivity contribution in [3.63, 3.8) is 0 Å². The van der Waals surface area contributed by atoms with Crippen molar-refractivity contribution in [2.75, 3.05) is 26.7 Å². The molecule has 2 N–H and O–H groups in total. The Balaban J connectivity index is 1.35. The number of hydrogen-bond donors (Lipinski definition) is 2. The third-order valence-electron chi connectivity index (χ3n) is 5.60. The first-order chi connectivity index (χ1) is 14.2. The molecule has 0 unspecified atom stereocenters. The van der Waals surface area contributed by atoms with Crippen LogP contribution in [0.2, 0.25) is 0 Å². The molecule has 6 heteroatoms. The number of para-hydroxylation sites is 2. The summed E-state index contributed by atoms with van der Waals surface area (Å²) in [5.74, 6) is 1.76. The maximum atomic E-state index is 12.5. The van der Waals surface area contributed by atoms with Crippen molar-refractivity contribution in [1.29, 1.82) is 0 Å². The molecular formula is C23H28N4O2. The van der Waals surface area contributed by atoms with Gasteiger partial charge in [-0.1, -0.05) is 24.3 Å². The highest BCUT2D eigenvalue weighted by molar-refractivity contribution is 5.77. The summed E-state index contributed by atoms with van der Waals surface area (Å²) < 4.78 is 5.28. The van der Waals surface area contributed by atoms with Crippen molar-refractivity contribution in [3.05, 3.63) is 59.9 Å². The third-order valence-corrected chi connectivity index (χ3v) is 5.60. The number of carbonyl (C=O) groups is 1. The minimum atomic E-state index is 0.0585. The van der Waals surface area contributed by atoms with Crippen LogP contribution in [0.4, 0.5) is 0 Å². The lowest BCUT2D eigenvalue weighted by Gasteiger charge is -2.28. The van der Waals surface area contributed by atoms with E-state index in [1.807, 2.05) is 36.4 Å². The van der Waals surface area contributed by atoms with Gasteiger partial charge in [0.2, 0.25) is 5.91 Å². The molecular weight excluding hydrogens is 364 g/mol. The number of imidazole rings is 1. The van der Waals surface area contributed by atoms with Gasteiger partial charge in [-0.25, -0.2) is 4.98 Å². The van der Waals surface area contributed by atoms with Crippen molar-refractivity contribution in [2.24, 2.45) is 0 Å². The molecule has 0 saturated carbocycles. The Morgan fingerprint density at radius 1 is 1.17 bits per heavy atom. The van der Waals surface area contributed by atoms with Gasteiger partial charge in [0, 0.05) is 19.4 Å².